The fourth-order valence-corrected chi connectivity index (χ4v) is 4.55. The highest BCUT2D eigenvalue weighted by Gasteiger charge is 2.48. The Bertz CT molecular complexity index is 597. The molecule has 2 fully saturated rings. The highest BCUT2D eigenvalue weighted by atomic mass is 32.2. The molecule has 22 heavy (non-hydrogen) atoms. The topological polar surface area (TPSA) is 49.9 Å². The van der Waals surface area contributed by atoms with Crippen LogP contribution in [0.2, 0.25) is 0 Å². The van der Waals surface area contributed by atoms with Crippen molar-refractivity contribution >= 4 is 29.3 Å². The summed E-state index contributed by atoms with van der Waals surface area (Å²) in [5, 5.41) is 0. The van der Waals surface area contributed by atoms with E-state index in [1.165, 1.54) is 0 Å². The van der Waals surface area contributed by atoms with Crippen molar-refractivity contribution in [2.75, 3.05) is 30.9 Å². The molecule has 0 aliphatic carbocycles. The Hall–Kier alpha value is -1.69. The highest BCUT2D eigenvalue weighted by Crippen LogP contribution is 2.47. The summed E-state index contributed by atoms with van der Waals surface area (Å²) >= 11 is 1.70. The van der Waals surface area contributed by atoms with Gasteiger partial charge in [-0.05, 0) is 25.0 Å². The predicted octanol–water partition coefficient (Wildman–Crippen LogP) is 2.11. The van der Waals surface area contributed by atoms with Crippen molar-refractivity contribution in [2.45, 2.75) is 24.6 Å². The van der Waals surface area contributed by atoms with Gasteiger partial charge in [-0.3, -0.25) is 14.5 Å². The van der Waals surface area contributed by atoms with Gasteiger partial charge in [-0.1, -0.05) is 6.07 Å². The van der Waals surface area contributed by atoms with Gasteiger partial charge in [0.05, 0.1) is 17.7 Å². The number of rotatable bonds is 2. The summed E-state index contributed by atoms with van der Waals surface area (Å²) in [6, 6.07) is 7.64. The van der Waals surface area contributed by atoms with Gasteiger partial charge in [0.15, 0.2) is 0 Å². The predicted molar refractivity (Wildman–Crippen MR) is 87.2 cm³/mol. The van der Waals surface area contributed by atoms with Gasteiger partial charge in [-0.25, -0.2) is 0 Å². The molecule has 0 unspecified atom stereocenters. The highest BCUT2D eigenvalue weighted by molar-refractivity contribution is 8.02. The molecule has 2 aliphatic rings. The fourth-order valence-electron chi connectivity index (χ4n) is 3.22. The molecule has 0 N–H and O–H groups in total. The molecule has 0 aromatic heterocycles. The number of anilines is 1. The van der Waals surface area contributed by atoms with Crippen molar-refractivity contribution in [3.05, 3.63) is 24.3 Å². The third-order valence-corrected chi connectivity index (χ3v) is 5.94. The number of piperidine rings is 1. The lowest BCUT2D eigenvalue weighted by atomic mass is 10.0. The van der Waals surface area contributed by atoms with Crippen LogP contribution in [0, 0.1) is 0 Å². The lowest BCUT2D eigenvalue weighted by Crippen LogP contribution is -2.52. The molecule has 3 rings (SSSR count). The maximum atomic E-state index is 12.4. The Balaban J connectivity index is 1.88. The molecule has 2 amide bonds. The van der Waals surface area contributed by atoms with Gasteiger partial charge >= 0.3 is 0 Å². The number of hydrogen-bond donors (Lipinski definition) is 0. The van der Waals surface area contributed by atoms with E-state index in [2.05, 4.69) is 0 Å². The molecule has 1 aromatic rings. The summed E-state index contributed by atoms with van der Waals surface area (Å²) in [6.07, 6.45) is 1.61. The first-order valence-corrected chi connectivity index (χ1v) is 8.41. The molecule has 2 heterocycles. The number of hydrogen-bond acceptors (Lipinski definition) is 4. The number of ether oxygens (including phenoxy) is 1. The normalized spacial score (nSPS) is 20.5. The molecule has 6 heteroatoms. The average Bonchev–Trinajstić information content (AvgIpc) is 2.84. The number of carbonyl (C=O) groups excluding carboxylic acids is 2. The zero-order valence-corrected chi connectivity index (χ0v) is 13.7. The van der Waals surface area contributed by atoms with Gasteiger partial charge in [0.25, 0.3) is 0 Å². The van der Waals surface area contributed by atoms with Crippen LogP contribution in [0.15, 0.2) is 24.3 Å². The van der Waals surface area contributed by atoms with Gasteiger partial charge < -0.3 is 9.64 Å². The van der Waals surface area contributed by atoms with E-state index in [0.29, 0.717) is 18.8 Å². The standard InChI is InChI=1S/C16H20N2O3S/c1-12(19)17-8-6-16(7-9-17)18(15(20)11-22-16)13-4-3-5-14(10-13)21-2/h3-5,10H,6-9,11H2,1-2H3. The Morgan fingerprint density at radius 3 is 2.68 bits per heavy atom. The van der Waals surface area contributed by atoms with Crippen molar-refractivity contribution in [3.8, 4) is 5.75 Å². The summed E-state index contributed by atoms with van der Waals surface area (Å²) in [5.41, 5.74) is 0.880. The molecular formula is C16H20N2O3S. The molecule has 0 atom stereocenters. The second-order valence-electron chi connectivity index (χ2n) is 5.67. The summed E-state index contributed by atoms with van der Waals surface area (Å²) in [7, 11) is 1.63. The molecule has 0 bridgehead atoms. The Morgan fingerprint density at radius 1 is 1.32 bits per heavy atom. The quantitative estimate of drug-likeness (QED) is 0.837. The first-order valence-electron chi connectivity index (χ1n) is 7.42. The van der Waals surface area contributed by atoms with Gasteiger partial charge in [-0.2, -0.15) is 0 Å². The number of methoxy groups -OCH3 is 1. The zero-order valence-electron chi connectivity index (χ0n) is 12.9. The Morgan fingerprint density at radius 2 is 2.05 bits per heavy atom. The van der Waals surface area contributed by atoms with Gasteiger partial charge in [-0.15, -0.1) is 11.8 Å². The number of benzene rings is 1. The minimum absolute atomic E-state index is 0.108. The largest absolute Gasteiger partial charge is 0.497 e. The number of nitrogens with zero attached hydrogens (tertiary/aromatic N) is 2. The van der Waals surface area contributed by atoms with Crippen LogP contribution in [-0.2, 0) is 9.59 Å². The monoisotopic (exact) mass is 320 g/mol. The maximum absolute atomic E-state index is 12.4. The van der Waals surface area contributed by atoms with Crippen molar-refractivity contribution in [2.24, 2.45) is 0 Å². The van der Waals surface area contributed by atoms with Crippen LogP contribution in [0.25, 0.3) is 0 Å². The smallest absolute Gasteiger partial charge is 0.238 e. The van der Waals surface area contributed by atoms with Crippen LogP contribution < -0.4 is 9.64 Å². The van der Waals surface area contributed by atoms with Crippen molar-refractivity contribution in [1.29, 1.82) is 0 Å². The Kier molecular flexibility index (Phi) is 4.04. The number of carbonyl (C=O) groups is 2. The molecule has 1 aromatic carbocycles. The van der Waals surface area contributed by atoms with Crippen LogP contribution in [0.3, 0.4) is 0 Å². The van der Waals surface area contributed by atoms with Crippen LogP contribution in [0.4, 0.5) is 5.69 Å². The van der Waals surface area contributed by atoms with Crippen LogP contribution >= 0.6 is 11.8 Å². The van der Waals surface area contributed by atoms with E-state index < -0.39 is 0 Å². The molecule has 2 saturated heterocycles. The molecule has 1 spiro atoms. The fraction of sp³-hybridized carbons (Fsp3) is 0.500. The van der Waals surface area contributed by atoms with E-state index in [4.69, 9.17) is 4.74 Å². The van der Waals surface area contributed by atoms with E-state index >= 15 is 0 Å². The maximum Gasteiger partial charge on any atom is 0.238 e. The number of likely N-dealkylation sites (tertiary alicyclic amines) is 1. The molecule has 118 valence electrons. The lowest BCUT2D eigenvalue weighted by Gasteiger charge is -2.43. The third-order valence-electron chi connectivity index (χ3n) is 4.42. The van der Waals surface area contributed by atoms with Crippen LogP contribution in [0.1, 0.15) is 19.8 Å². The summed E-state index contributed by atoms with van der Waals surface area (Å²) in [6.45, 7) is 3.01. The minimum Gasteiger partial charge on any atom is -0.497 e. The summed E-state index contributed by atoms with van der Waals surface area (Å²) in [4.78, 5) is 27.5. The lowest BCUT2D eigenvalue weighted by molar-refractivity contribution is -0.129. The van der Waals surface area contributed by atoms with Crippen LogP contribution in [0.5, 0.6) is 5.75 Å². The van der Waals surface area contributed by atoms with Gasteiger partial charge in [0.2, 0.25) is 11.8 Å². The molecule has 0 saturated carbocycles. The summed E-state index contributed by atoms with van der Waals surface area (Å²) < 4.78 is 5.28. The SMILES string of the molecule is COc1cccc(N2C(=O)CSC23CCN(C(C)=O)CC3)c1. The number of amides is 2. The molecule has 5 nitrogen and oxygen atoms in total. The van der Waals surface area contributed by atoms with Crippen LogP contribution in [-0.4, -0.2) is 47.5 Å². The Labute approximate surface area is 134 Å². The zero-order chi connectivity index (χ0) is 15.7. The number of thioether (sulfide) groups is 1. The van der Waals surface area contributed by atoms with Gasteiger partial charge in [0.1, 0.15) is 5.75 Å². The second-order valence-corrected chi connectivity index (χ2v) is 7.01. The van der Waals surface area contributed by atoms with E-state index in [9.17, 15) is 9.59 Å². The molecule has 0 radical (unpaired) electrons. The minimum atomic E-state index is -0.227. The second kappa shape index (κ2) is 5.83. The van der Waals surface area contributed by atoms with Gasteiger partial charge in [0, 0.05) is 31.8 Å². The first-order chi connectivity index (χ1) is 10.6. The van der Waals surface area contributed by atoms with E-state index in [-0.39, 0.29) is 16.7 Å². The summed E-state index contributed by atoms with van der Waals surface area (Å²) in [5.74, 6) is 1.49. The molecular weight excluding hydrogens is 300 g/mol. The van der Waals surface area contributed by atoms with Crippen molar-refractivity contribution in [1.82, 2.24) is 4.90 Å². The van der Waals surface area contributed by atoms with E-state index in [1.54, 1.807) is 25.8 Å². The molecule has 2 aliphatic heterocycles. The average molecular weight is 320 g/mol. The third kappa shape index (κ3) is 2.56. The van der Waals surface area contributed by atoms with E-state index in [0.717, 1.165) is 24.3 Å². The van der Waals surface area contributed by atoms with Crippen molar-refractivity contribution in [3.63, 3.8) is 0 Å². The van der Waals surface area contributed by atoms with E-state index in [1.807, 2.05) is 34.1 Å². The van der Waals surface area contributed by atoms with Crippen molar-refractivity contribution < 1.29 is 14.3 Å². The first kappa shape index (κ1) is 15.2.